The van der Waals surface area contributed by atoms with Gasteiger partial charge >= 0.3 is 6.03 Å². The zero-order chi connectivity index (χ0) is 21.3. The molecule has 3 rings (SSSR count). The molecule has 0 bridgehead atoms. The SMILES string of the molecule is Cc1ccc(NC(=O)CCNC(=O)Nc2ccccc2C(=O)c2ccccc2)nc1. The van der Waals surface area contributed by atoms with Crippen molar-refractivity contribution in [1.82, 2.24) is 10.3 Å². The number of nitrogens with zero attached hydrogens (tertiary/aromatic N) is 1. The van der Waals surface area contributed by atoms with Crippen LogP contribution in [0.3, 0.4) is 0 Å². The number of aromatic nitrogens is 1. The number of pyridine rings is 1. The average Bonchev–Trinajstić information content (AvgIpc) is 2.76. The van der Waals surface area contributed by atoms with E-state index in [0.29, 0.717) is 22.6 Å². The molecule has 0 saturated heterocycles. The lowest BCUT2D eigenvalue weighted by atomic mass is 10.0. The molecule has 0 aliphatic heterocycles. The van der Waals surface area contributed by atoms with Gasteiger partial charge in [-0.25, -0.2) is 9.78 Å². The third kappa shape index (κ3) is 5.75. The van der Waals surface area contributed by atoms with Crippen molar-refractivity contribution in [1.29, 1.82) is 0 Å². The predicted molar refractivity (Wildman–Crippen MR) is 116 cm³/mol. The molecular formula is C23H22N4O3. The van der Waals surface area contributed by atoms with Gasteiger partial charge in [-0.2, -0.15) is 0 Å². The van der Waals surface area contributed by atoms with E-state index < -0.39 is 6.03 Å². The van der Waals surface area contributed by atoms with Gasteiger partial charge in [0.1, 0.15) is 5.82 Å². The Morgan fingerprint density at radius 1 is 0.867 bits per heavy atom. The van der Waals surface area contributed by atoms with Crippen molar-refractivity contribution in [2.45, 2.75) is 13.3 Å². The van der Waals surface area contributed by atoms with Gasteiger partial charge in [0.2, 0.25) is 5.91 Å². The summed E-state index contributed by atoms with van der Waals surface area (Å²) in [6.07, 6.45) is 1.75. The molecule has 0 spiro atoms. The number of ketones is 1. The lowest BCUT2D eigenvalue weighted by Crippen LogP contribution is -2.32. The van der Waals surface area contributed by atoms with Crippen molar-refractivity contribution in [2.24, 2.45) is 0 Å². The van der Waals surface area contributed by atoms with E-state index in [4.69, 9.17) is 0 Å². The van der Waals surface area contributed by atoms with E-state index in [-0.39, 0.29) is 24.7 Å². The molecule has 30 heavy (non-hydrogen) atoms. The van der Waals surface area contributed by atoms with Gasteiger partial charge < -0.3 is 16.0 Å². The number of anilines is 2. The molecule has 0 atom stereocenters. The van der Waals surface area contributed by atoms with E-state index in [9.17, 15) is 14.4 Å². The maximum absolute atomic E-state index is 12.7. The number of hydrogen-bond acceptors (Lipinski definition) is 4. The molecule has 0 aliphatic carbocycles. The fourth-order valence-electron chi connectivity index (χ4n) is 2.74. The Hall–Kier alpha value is -4.00. The smallest absolute Gasteiger partial charge is 0.319 e. The van der Waals surface area contributed by atoms with Crippen molar-refractivity contribution in [3.8, 4) is 0 Å². The van der Waals surface area contributed by atoms with E-state index in [1.165, 1.54) is 0 Å². The molecule has 2 aromatic carbocycles. The largest absolute Gasteiger partial charge is 0.337 e. The molecule has 3 aromatic rings. The molecule has 0 fully saturated rings. The summed E-state index contributed by atoms with van der Waals surface area (Å²) in [5.74, 6) is 0.0196. The highest BCUT2D eigenvalue weighted by Crippen LogP contribution is 2.19. The van der Waals surface area contributed by atoms with Gasteiger partial charge in [-0.05, 0) is 30.7 Å². The van der Waals surface area contributed by atoms with E-state index >= 15 is 0 Å². The maximum Gasteiger partial charge on any atom is 0.319 e. The third-order valence-corrected chi connectivity index (χ3v) is 4.27. The van der Waals surface area contributed by atoms with E-state index in [1.807, 2.05) is 19.1 Å². The number of para-hydroxylation sites is 1. The number of amides is 3. The van der Waals surface area contributed by atoms with Crippen LogP contribution in [-0.4, -0.2) is 29.3 Å². The summed E-state index contributed by atoms with van der Waals surface area (Å²) in [4.78, 5) is 41.0. The molecule has 0 unspecified atom stereocenters. The molecular weight excluding hydrogens is 380 g/mol. The topological polar surface area (TPSA) is 100 Å². The van der Waals surface area contributed by atoms with Crippen molar-refractivity contribution >= 4 is 29.2 Å². The highest BCUT2D eigenvalue weighted by Gasteiger charge is 2.14. The summed E-state index contributed by atoms with van der Waals surface area (Å²) in [6.45, 7) is 2.05. The second-order valence-corrected chi connectivity index (χ2v) is 6.64. The number of aryl methyl sites for hydroxylation is 1. The second kappa shape index (κ2) is 9.97. The van der Waals surface area contributed by atoms with Crippen LogP contribution in [0.5, 0.6) is 0 Å². The first-order chi connectivity index (χ1) is 14.5. The summed E-state index contributed by atoms with van der Waals surface area (Å²) in [5.41, 5.74) is 2.32. The monoisotopic (exact) mass is 402 g/mol. The quantitative estimate of drug-likeness (QED) is 0.524. The molecule has 7 heteroatoms. The van der Waals surface area contributed by atoms with Crippen molar-refractivity contribution < 1.29 is 14.4 Å². The molecule has 0 radical (unpaired) electrons. The average molecular weight is 402 g/mol. The minimum absolute atomic E-state index is 0.0908. The Morgan fingerprint density at radius 3 is 2.33 bits per heavy atom. The Morgan fingerprint density at radius 2 is 1.60 bits per heavy atom. The first-order valence-corrected chi connectivity index (χ1v) is 9.49. The predicted octanol–water partition coefficient (Wildman–Crippen LogP) is 3.77. The maximum atomic E-state index is 12.7. The van der Waals surface area contributed by atoms with Crippen LogP contribution in [0.25, 0.3) is 0 Å². The fraction of sp³-hybridized carbons (Fsp3) is 0.130. The first kappa shape index (κ1) is 20.7. The molecule has 3 amide bonds. The molecule has 0 aliphatic rings. The fourth-order valence-corrected chi connectivity index (χ4v) is 2.74. The lowest BCUT2D eigenvalue weighted by Gasteiger charge is -2.11. The molecule has 7 nitrogen and oxygen atoms in total. The third-order valence-electron chi connectivity index (χ3n) is 4.27. The normalized spacial score (nSPS) is 10.2. The highest BCUT2D eigenvalue weighted by atomic mass is 16.2. The summed E-state index contributed by atoms with van der Waals surface area (Å²) in [7, 11) is 0. The first-order valence-electron chi connectivity index (χ1n) is 9.49. The molecule has 1 aromatic heterocycles. The number of benzene rings is 2. The van der Waals surface area contributed by atoms with Crippen LogP contribution < -0.4 is 16.0 Å². The van der Waals surface area contributed by atoms with Gasteiger partial charge in [0, 0.05) is 30.3 Å². The Labute approximate surface area is 174 Å². The Bertz CT molecular complexity index is 1030. The zero-order valence-electron chi connectivity index (χ0n) is 16.5. The zero-order valence-corrected chi connectivity index (χ0v) is 16.5. The Kier molecular flexibility index (Phi) is 6.89. The highest BCUT2D eigenvalue weighted by molar-refractivity contribution is 6.13. The van der Waals surface area contributed by atoms with Gasteiger partial charge in [-0.3, -0.25) is 9.59 Å². The lowest BCUT2D eigenvalue weighted by molar-refractivity contribution is -0.116. The van der Waals surface area contributed by atoms with Crippen LogP contribution in [0.4, 0.5) is 16.3 Å². The van der Waals surface area contributed by atoms with Crippen LogP contribution in [-0.2, 0) is 4.79 Å². The molecule has 3 N–H and O–H groups in total. The van der Waals surface area contributed by atoms with E-state index in [1.54, 1.807) is 60.8 Å². The number of urea groups is 1. The van der Waals surface area contributed by atoms with Gasteiger partial charge in [0.25, 0.3) is 0 Å². The van der Waals surface area contributed by atoms with E-state index in [0.717, 1.165) is 5.56 Å². The molecule has 152 valence electrons. The number of carbonyl (C=O) groups is 3. The standard InChI is InChI=1S/C23H22N4O3/c1-16-11-12-20(25-15-16)27-21(28)13-14-24-23(30)26-19-10-6-5-9-18(19)22(29)17-7-3-2-4-8-17/h2-12,15H,13-14H2,1H3,(H2,24,26,30)(H,25,27,28). The van der Waals surface area contributed by atoms with Crippen LogP contribution in [0.15, 0.2) is 72.9 Å². The van der Waals surface area contributed by atoms with Gasteiger partial charge in [-0.1, -0.05) is 48.5 Å². The van der Waals surface area contributed by atoms with Crippen LogP contribution in [0, 0.1) is 6.92 Å². The number of rotatable bonds is 7. The number of nitrogens with one attached hydrogen (secondary N) is 3. The molecule has 1 heterocycles. The van der Waals surface area contributed by atoms with E-state index in [2.05, 4.69) is 20.9 Å². The molecule has 0 saturated carbocycles. The van der Waals surface area contributed by atoms with Crippen LogP contribution in [0.2, 0.25) is 0 Å². The minimum atomic E-state index is -0.496. The van der Waals surface area contributed by atoms with Gasteiger partial charge in [0.15, 0.2) is 5.78 Å². The minimum Gasteiger partial charge on any atom is -0.337 e. The van der Waals surface area contributed by atoms with Gasteiger partial charge in [0.05, 0.1) is 5.69 Å². The number of carbonyl (C=O) groups excluding carboxylic acids is 3. The van der Waals surface area contributed by atoms with Crippen molar-refractivity contribution in [3.63, 3.8) is 0 Å². The van der Waals surface area contributed by atoms with Crippen LogP contribution >= 0.6 is 0 Å². The van der Waals surface area contributed by atoms with Crippen LogP contribution in [0.1, 0.15) is 27.9 Å². The summed E-state index contributed by atoms with van der Waals surface area (Å²) in [5, 5.41) is 7.96. The summed E-state index contributed by atoms with van der Waals surface area (Å²) in [6, 6.07) is 18.7. The summed E-state index contributed by atoms with van der Waals surface area (Å²) < 4.78 is 0. The van der Waals surface area contributed by atoms with Crippen molar-refractivity contribution in [2.75, 3.05) is 17.2 Å². The van der Waals surface area contributed by atoms with Gasteiger partial charge in [-0.15, -0.1) is 0 Å². The second-order valence-electron chi connectivity index (χ2n) is 6.64. The van der Waals surface area contributed by atoms with Crippen molar-refractivity contribution in [3.05, 3.63) is 89.6 Å². The number of hydrogen-bond donors (Lipinski definition) is 3. The Balaban J connectivity index is 1.52. The summed E-state index contributed by atoms with van der Waals surface area (Å²) >= 11 is 0.